The maximum Gasteiger partial charge on any atom is 0.410 e. The number of nitrogens with zero attached hydrogens (tertiary/aromatic N) is 1. The number of nitrogens with one attached hydrogen (secondary N) is 1. The Balaban J connectivity index is 1.66. The minimum atomic E-state index is -0.788. The average Bonchev–Trinajstić information content (AvgIpc) is 3.14. The molecule has 2 aliphatic rings. The molecular weight excluding hydrogens is 416 g/mol. The average molecular weight is 433 g/mol. The molecule has 2 aromatic carbocycles. The lowest BCUT2D eigenvalue weighted by Crippen LogP contribution is -2.45. The van der Waals surface area contributed by atoms with Crippen molar-refractivity contribution in [2.24, 2.45) is 0 Å². The smallest absolute Gasteiger partial charge is 0.410 e. The van der Waals surface area contributed by atoms with Crippen LogP contribution < -0.4 is 14.8 Å². The van der Waals surface area contributed by atoms with Crippen LogP contribution in [0.2, 0.25) is 0 Å². The Labute approximate surface area is 164 Å². The number of carbonyl (C=O) groups is 2. The van der Waals surface area contributed by atoms with Gasteiger partial charge in [0.1, 0.15) is 6.04 Å². The van der Waals surface area contributed by atoms with E-state index in [2.05, 4.69) is 21.2 Å². The van der Waals surface area contributed by atoms with Gasteiger partial charge in [-0.05, 0) is 41.8 Å². The van der Waals surface area contributed by atoms with Crippen LogP contribution in [0.1, 0.15) is 17.2 Å². The molecule has 4 rings (SSSR count). The topological polar surface area (TPSA) is 77.1 Å². The van der Waals surface area contributed by atoms with Gasteiger partial charge in [-0.3, -0.25) is 9.69 Å². The molecule has 140 valence electrons. The zero-order valence-electron chi connectivity index (χ0n) is 14.5. The number of hydrogen-bond donors (Lipinski definition) is 1. The summed E-state index contributed by atoms with van der Waals surface area (Å²) in [4.78, 5) is 26.8. The van der Waals surface area contributed by atoms with E-state index in [-0.39, 0.29) is 12.7 Å². The molecule has 0 radical (unpaired) electrons. The van der Waals surface area contributed by atoms with Gasteiger partial charge in [-0.1, -0.05) is 22.0 Å². The normalized spacial score (nSPS) is 17.3. The first kappa shape index (κ1) is 17.7. The van der Waals surface area contributed by atoms with E-state index < -0.39 is 12.1 Å². The molecule has 8 heteroatoms. The van der Waals surface area contributed by atoms with Gasteiger partial charge in [-0.2, -0.15) is 0 Å². The lowest BCUT2D eigenvalue weighted by Gasteiger charge is -2.35. The van der Waals surface area contributed by atoms with Gasteiger partial charge < -0.3 is 19.5 Å². The highest BCUT2D eigenvalue weighted by Gasteiger charge is 2.37. The molecule has 0 fully saturated rings. The number of methoxy groups -OCH3 is 1. The van der Waals surface area contributed by atoms with Gasteiger partial charge in [0, 0.05) is 22.8 Å². The van der Waals surface area contributed by atoms with Crippen molar-refractivity contribution in [3.63, 3.8) is 0 Å². The zero-order valence-corrected chi connectivity index (χ0v) is 16.1. The van der Waals surface area contributed by atoms with Crippen LogP contribution in [0, 0.1) is 0 Å². The summed E-state index contributed by atoms with van der Waals surface area (Å²) in [6, 6.07) is 10.2. The Hall–Kier alpha value is -2.74. The standard InChI is InChI=1S/C19H17BrN2O5/c1-25-19(24)22-7-6-11-2-3-12(20)8-14(11)17(22)18(23)21-13-4-5-15-16(9-13)27-10-26-15/h2-5,8-9,17H,6-7,10H2,1H3,(H,21,23)/t17-/m1/s1. The van der Waals surface area contributed by atoms with Gasteiger partial charge in [0.25, 0.3) is 5.91 Å². The third-order valence-electron chi connectivity index (χ3n) is 4.63. The molecule has 0 spiro atoms. The van der Waals surface area contributed by atoms with Gasteiger partial charge >= 0.3 is 6.09 Å². The fourth-order valence-corrected chi connectivity index (χ4v) is 3.75. The second-order valence-corrected chi connectivity index (χ2v) is 7.13. The molecular formula is C19H17BrN2O5. The van der Waals surface area contributed by atoms with E-state index in [0.29, 0.717) is 30.2 Å². The first-order valence-corrected chi connectivity index (χ1v) is 9.19. The number of hydrogen-bond acceptors (Lipinski definition) is 5. The predicted octanol–water partition coefficient (Wildman–Crippen LogP) is 3.48. The number of ether oxygens (including phenoxy) is 3. The van der Waals surface area contributed by atoms with Crippen molar-refractivity contribution in [1.29, 1.82) is 0 Å². The van der Waals surface area contributed by atoms with Crippen molar-refractivity contribution in [2.45, 2.75) is 12.5 Å². The number of halogens is 1. The van der Waals surface area contributed by atoms with Crippen molar-refractivity contribution >= 4 is 33.6 Å². The van der Waals surface area contributed by atoms with Crippen molar-refractivity contribution in [1.82, 2.24) is 4.90 Å². The van der Waals surface area contributed by atoms with Crippen LogP contribution in [0.3, 0.4) is 0 Å². The quantitative estimate of drug-likeness (QED) is 0.785. The van der Waals surface area contributed by atoms with Gasteiger partial charge in [-0.25, -0.2) is 4.79 Å². The summed E-state index contributed by atoms with van der Waals surface area (Å²) in [5, 5.41) is 2.87. The molecule has 0 aliphatic carbocycles. The second kappa shape index (κ2) is 7.11. The molecule has 27 heavy (non-hydrogen) atoms. The van der Waals surface area contributed by atoms with Crippen LogP contribution in [0.15, 0.2) is 40.9 Å². The number of fused-ring (bicyclic) bond motifs is 2. The molecule has 1 atom stereocenters. The third kappa shape index (κ3) is 3.32. The Bertz CT molecular complexity index is 917. The monoisotopic (exact) mass is 432 g/mol. The SMILES string of the molecule is COC(=O)N1CCc2ccc(Br)cc2[C@@H]1C(=O)Nc1ccc2c(c1)OCO2. The molecule has 0 unspecified atom stereocenters. The highest BCUT2D eigenvalue weighted by molar-refractivity contribution is 9.10. The van der Waals surface area contributed by atoms with Crippen LogP contribution in [0.25, 0.3) is 0 Å². The van der Waals surface area contributed by atoms with Crippen molar-refractivity contribution < 1.29 is 23.8 Å². The molecule has 1 N–H and O–H groups in total. The largest absolute Gasteiger partial charge is 0.454 e. The highest BCUT2D eigenvalue weighted by atomic mass is 79.9. The summed E-state index contributed by atoms with van der Waals surface area (Å²) < 4.78 is 16.4. The molecule has 0 saturated heterocycles. The summed E-state index contributed by atoms with van der Waals surface area (Å²) in [5.74, 6) is 0.888. The molecule has 0 saturated carbocycles. The first-order chi connectivity index (χ1) is 13.1. The summed E-state index contributed by atoms with van der Waals surface area (Å²) in [5.41, 5.74) is 2.37. The van der Waals surface area contributed by atoms with E-state index in [1.165, 1.54) is 12.0 Å². The van der Waals surface area contributed by atoms with Crippen LogP contribution in [-0.2, 0) is 16.0 Å². The maximum atomic E-state index is 13.1. The maximum absolute atomic E-state index is 13.1. The van der Waals surface area contributed by atoms with E-state index >= 15 is 0 Å². The van der Waals surface area contributed by atoms with Crippen LogP contribution in [0.5, 0.6) is 11.5 Å². The van der Waals surface area contributed by atoms with Crippen LogP contribution >= 0.6 is 15.9 Å². The molecule has 0 aromatic heterocycles. The summed E-state index contributed by atoms with van der Waals surface area (Å²) in [6.45, 7) is 0.563. The Morgan fingerprint density at radius 1 is 1.19 bits per heavy atom. The minimum absolute atomic E-state index is 0.160. The van der Waals surface area contributed by atoms with Gasteiger partial charge in [0.05, 0.1) is 7.11 Å². The Morgan fingerprint density at radius 3 is 2.81 bits per heavy atom. The van der Waals surface area contributed by atoms with Crippen molar-refractivity contribution in [2.75, 3.05) is 25.8 Å². The van der Waals surface area contributed by atoms with Gasteiger partial charge in [0.2, 0.25) is 6.79 Å². The Kier molecular flexibility index (Phi) is 4.65. The number of anilines is 1. The third-order valence-corrected chi connectivity index (χ3v) is 5.13. The van der Waals surface area contributed by atoms with Gasteiger partial charge in [-0.15, -0.1) is 0 Å². The summed E-state index contributed by atoms with van der Waals surface area (Å²) in [7, 11) is 1.31. The molecule has 2 amide bonds. The van der Waals surface area contributed by atoms with Gasteiger partial charge in [0.15, 0.2) is 11.5 Å². The lowest BCUT2D eigenvalue weighted by atomic mass is 9.92. The van der Waals surface area contributed by atoms with E-state index in [1.54, 1.807) is 18.2 Å². The van der Waals surface area contributed by atoms with Crippen LogP contribution in [0.4, 0.5) is 10.5 Å². The predicted molar refractivity (Wildman–Crippen MR) is 101 cm³/mol. The molecule has 2 aromatic rings. The van der Waals surface area contributed by atoms with E-state index in [9.17, 15) is 9.59 Å². The molecule has 0 bridgehead atoms. The summed E-state index contributed by atoms with van der Waals surface area (Å²) >= 11 is 3.44. The Morgan fingerprint density at radius 2 is 2.00 bits per heavy atom. The highest BCUT2D eigenvalue weighted by Crippen LogP contribution is 2.36. The number of rotatable bonds is 2. The fraction of sp³-hybridized carbons (Fsp3) is 0.263. The first-order valence-electron chi connectivity index (χ1n) is 8.40. The summed E-state index contributed by atoms with van der Waals surface area (Å²) in [6.07, 6.45) is 0.123. The molecule has 2 heterocycles. The number of carbonyl (C=O) groups excluding carboxylic acids is 2. The van der Waals surface area contributed by atoms with E-state index in [1.807, 2.05) is 18.2 Å². The van der Waals surface area contributed by atoms with E-state index in [0.717, 1.165) is 15.6 Å². The minimum Gasteiger partial charge on any atom is -0.454 e. The zero-order chi connectivity index (χ0) is 19.0. The van der Waals surface area contributed by atoms with Crippen molar-refractivity contribution in [3.05, 3.63) is 52.0 Å². The lowest BCUT2D eigenvalue weighted by molar-refractivity contribution is -0.121. The number of benzene rings is 2. The second-order valence-electron chi connectivity index (χ2n) is 6.22. The number of amides is 2. The van der Waals surface area contributed by atoms with Crippen LogP contribution in [-0.4, -0.2) is 37.3 Å². The fourth-order valence-electron chi connectivity index (χ4n) is 3.37. The molecule has 2 aliphatic heterocycles. The van der Waals surface area contributed by atoms with Crippen molar-refractivity contribution in [3.8, 4) is 11.5 Å². The molecule has 7 nitrogen and oxygen atoms in total. The van der Waals surface area contributed by atoms with E-state index in [4.69, 9.17) is 14.2 Å².